The number of alkyl halides is 4. The first kappa shape index (κ1) is 27.8. The van der Waals surface area contributed by atoms with E-state index in [2.05, 4.69) is 21.5 Å². The fourth-order valence-corrected chi connectivity index (χ4v) is 3.64. The summed E-state index contributed by atoms with van der Waals surface area (Å²) in [6.45, 7) is 0.626. The van der Waals surface area contributed by atoms with Crippen molar-refractivity contribution in [2.75, 3.05) is 11.4 Å². The van der Waals surface area contributed by atoms with Crippen LogP contribution in [-0.2, 0) is 11.2 Å². The van der Waals surface area contributed by atoms with Crippen LogP contribution < -0.4 is 9.64 Å². The molecular formula is C26H26F5N3O3. The molecule has 0 saturated carbocycles. The maximum Gasteiger partial charge on any atom is 0.387 e. The van der Waals surface area contributed by atoms with Crippen molar-refractivity contribution in [2.45, 2.75) is 51.6 Å². The van der Waals surface area contributed by atoms with Crippen LogP contribution in [0.4, 0.5) is 27.6 Å². The average molecular weight is 524 g/mol. The molecule has 1 amide bonds. The molecule has 0 aliphatic heterocycles. The molecule has 0 unspecified atom stereocenters. The number of carbonyl (C=O) groups excluding carboxylic acids is 1. The standard InChI is InChI=1S/C26H26F5N3O3/c1-17(27)9-14-23(35)34(15-4-2-3-8-22-32-25(24(28)29)33-37-22)20-7-5-6-19(16-20)18-10-12-21(13-11-18)36-26(30)31/h5-7,10-13,16,24,26H,1-4,8-9,14-15H2. The van der Waals surface area contributed by atoms with Crippen molar-refractivity contribution in [1.29, 1.82) is 0 Å². The predicted octanol–water partition coefficient (Wildman–Crippen LogP) is 7.29. The number of ether oxygens (including phenoxy) is 1. The minimum Gasteiger partial charge on any atom is -0.435 e. The van der Waals surface area contributed by atoms with Crippen LogP contribution in [0.15, 0.2) is 65.5 Å². The molecule has 0 bridgehead atoms. The molecule has 0 N–H and O–H groups in total. The lowest BCUT2D eigenvalue weighted by Crippen LogP contribution is -2.31. The summed E-state index contributed by atoms with van der Waals surface area (Å²) in [6.07, 6.45) is -0.796. The minimum absolute atomic E-state index is 0.0316. The Morgan fingerprint density at radius 1 is 1.00 bits per heavy atom. The second-order valence-corrected chi connectivity index (χ2v) is 8.17. The Morgan fingerprint density at radius 2 is 1.76 bits per heavy atom. The van der Waals surface area contributed by atoms with E-state index < -0.39 is 24.7 Å². The number of anilines is 1. The van der Waals surface area contributed by atoms with E-state index in [0.717, 1.165) is 11.1 Å². The maximum absolute atomic E-state index is 13.2. The van der Waals surface area contributed by atoms with Gasteiger partial charge in [0.05, 0.1) is 5.83 Å². The van der Waals surface area contributed by atoms with Gasteiger partial charge < -0.3 is 14.2 Å². The quantitative estimate of drug-likeness (QED) is 0.164. The van der Waals surface area contributed by atoms with Crippen molar-refractivity contribution in [3.8, 4) is 16.9 Å². The van der Waals surface area contributed by atoms with Gasteiger partial charge in [0, 0.05) is 31.5 Å². The van der Waals surface area contributed by atoms with Crippen LogP contribution in [0.1, 0.15) is 50.2 Å². The first-order valence-electron chi connectivity index (χ1n) is 11.6. The number of nitrogens with zero attached hydrogens (tertiary/aromatic N) is 3. The molecule has 0 aliphatic carbocycles. The highest BCUT2D eigenvalue weighted by Gasteiger charge is 2.18. The van der Waals surface area contributed by atoms with Crippen LogP contribution >= 0.6 is 0 Å². The Balaban J connectivity index is 1.66. The average Bonchev–Trinajstić information content (AvgIpc) is 3.34. The number of benzene rings is 2. The number of amides is 1. The Morgan fingerprint density at radius 3 is 2.41 bits per heavy atom. The number of aromatic nitrogens is 2. The van der Waals surface area contributed by atoms with Crippen molar-refractivity contribution >= 4 is 11.6 Å². The zero-order valence-electron chi connectivity index (χ0n) is 19.9. The highest BCUT2D eigenvalue weighted by molar-refractivity contribution is 5.94. The highest BCUT2D eigenvalue weighted by atomic mass is 19.3. The van der Waals surface area contributed by atoms with Gasteiger partial charge in [0.15, 0.2) is 0 Å². The third kappa shape index (κ3) is 8.69. The van der Waals surface area contributed by atoms with Crippen molar-refractivity contribution in [3.63, 3.8) is 0 Å². The van der Waals surface area contributed by atoms with Gasteiger partial charge in [0.2, 0.25) is 17.6 Å². The molecule has 198 valence electrons. The molecule has 11 heteroatoms. The van der Waals surface area contributed by atoms with Gasteiger partial charge in [-0.2, -0.15) is 13.8 Å². The molecule has 1 heterocycles. The largest absolute Gasteiger partial charge is 0.435 e. The zero-order valence-corrected chi connectivity index (χ0v) is 19.9. The van der Waals surface area contributed by atoms with Crippen molar-refractivity contribution < 1.29 is 36.0 Å². The van der Waals surface area contributed by atoms with Crippen LogP contribution in [0.5, 0.6) is 5.75 Å². The summed E-state index contributed by atoms with van der Waals surface area (Å²) >= 11 is 0. The van der Waals surface area contributed by atoms with Gasteiger partial charge in [-0.15, -0.1) is 0 Å². The van der Waals surface area contributed by atoms with Crippen molar-refractivity contribution in [1.82, 2.24) is 10.1 Å². The summed E-state index contributed by atoms with van der Waals surface area (Å²) in [5, 5.41) is 3.22. The smallest absolute Gasteiger partial charge is 0.387 e. The molecule has 3 rings (SSSR count). The van der Waals surface area contributed by atoms with Gasteiger partial charge in [-0.1, -0.05) is 42.4 Å². The zero-order chi connectivity index (χ0) is 26.8. The van der Waals surface area contributed by atoms with Gasteiger partial charge in [-0.25, -0.2) is 13.2 Å². The predicted molar refractivity (Wildman–Crippen MR) is 127 cm³/mol. The van der Waals surface area contributed by atoms with Crippen LogP contribution in [0, 0.1) is 0 Å². The normalized spacial score (nSPS) is 11.2. The fraction of sp³-hybridized carbons (Fsp3) is 0.346. The topological polar surface area (TPSA) is 68.5 Å². The van der Waals surface area contributed by atoms with E-state index >= 15 is 0 Å². The van der Waals surface area contributed by atoms with Gasteiger partial charge in [0.1, 0.15) is 5.75 Å². The Kier molecular flexibility index (Phi) is 10.2. The molecule has 0 radical (unpaired) electrons. The summed E-state index contributed by atoms with van der Waals surface area (Å²) in [5.74, 6) is -1.35. The number of aryl methyl sites for hydroxylation is 1. The van der Waals surface area contributed by atoms with Gasteiger partial charge >= 0.3 is 13.0 Å². The molecule has 0 atom stereocenters. The third-order valence-corrected chi connectivity index (χ3v) is 5.43. The molecule has 3 aromatic rings. The first-order chi connectivity index (χ1) is 17.7. The second kappa shape index (κ2) is 13.5. The molecule has 0 fully saturated rings. The molecule has 2 aromatic carbocycles. The van der Waals surface area contributed by atoms with E-state index in [1.54, 1.807) is 35.2 Å². The van der Waals surface area contributed by atoms with Crippen molar-refractivity contribution in [3.05, 3.63) is 72.7 Å². The highest BCUT2D eigenvalue weighted by Crippen LogP contribution is 2.28. The summed E-state index contributed by atoms with van der Waals surface area (Å²) in [6, 6.07) is 13.2. The van der Waals surface area contributed by atoms with E-state index in [1.165, 1.54) is 12.1 Å². The number of unbranched alkanes of at least 4 members (excludes halogenated alkanes) is 2. The molecule has 0 saturated heterocycles. The number of allylic oxidation sites excluding steroid dienone is 1. The lowest BCUT2D eigenvalue weighted by molar-refractivity contribution is -0.118. The number of carbonyl (C=O) groups is 1. The Labute approximate surface area is 210 Å². The fourth-order valence-electron chi connectivity index (χ4n) is 3.64. The second-order valence-electron chi connectivity index (χ2n) is 8.17. The van der Waals surface area contributed by atoms with E-state index in [1.807, 2.05) is 6.07 Å². The van der Waals surface area contributed by atoms with E-state index in [4.69, 9.17) is 4.52 Å². The van der Waals surface area contributed by atoms with Gasteiger partial charge in [-0.3, -0.25) is 4.79 Å². The molecule has 0 spiro atoms. The molecule has 37 heavy (non-hydrogen) atoms. The Hall–Kier alpha value is -3.76. The summed E-state index contributed by atoms with van der Waals surface area (Å²) in [5.41, 5.74) is 2.08. The van der Waals surface area contributed by atoms with Crippen LogP contribution in [0.2, 0.25) is 0 Å². The molecule has 6 nitrogen and oxygen atoms in total. The summed E-state index contributed by atoms with van der Waals surface area (Å²) in [4.78, 5) is 18.1. The number of rotatable bonds is 14. The maximum atomic E-state index is 13.2. The van der Waals surface area contributed by atoms with Gasteiger partial charge in [0.25, 0.3) is 0 Å². The van der Waals surface area contributed by atoms with E-state index in [9.17, 15) is 26.7 Å². The lowest BCUT2D eigenvalue weighted by Gasteiger charge is -2.24. The monoisotopic (exact) mass is 523 g/mol. The first-order valence-corrected chi connectivity index (χ1v) is 11.6. The Bertz CT molecular complexity index is 1170. The summed E-state index contributed by atoms with van der Waals surface area (Å²) in [7, 11) is 0. The lowest BCUT2D eigenvalue weighted by atomic mass is 10.0. The molecular weight excluding hydrogens is 497 g/mol. The SMILES string of the molecule is C=C(F)CCC(=O)N(CCCCCc1nc(C(F)F)no1)c1cccc(-c2ccc(OC(F)F)cc2)c1. The van der Waals surface area contributed by atoms with Crippen LogP contribution in [0.3, 0.4) is 0 Å². The minimum atomic E-state index is -2.92. The van der Waals surface area contributed by atoms with Gasteiger partial charge in [-0.05, 0) is 48.2 Å². The molecule has 0 aliphatic rings. The van der Waals surface area contributed by atoms with Crippen LogP contribution in [-0.4, -0.2) is 29.2 Å². The van der Waals surface area contributed by atoms with Crippen molar-refractivity contribution in [2.24, 2.45) is 0 Å². The number of hydrogen-bond acceptors (Lipinski definition) is 5. The van der Waals surface area contributed by atoms with E-state index in [-0.39, 0.29) is 30.4 Å². The number of hydrogen-bond donors (Lipinski definition) is 0. The van der Waals surface area contributed by atoms with Crippen LogP contribution in [0.25, 0.3) is 11.1 Å². The molecule has 1 aromatic heterocycles. The third-order valence-electron chi connectivity index (χ3n) is 5.43. The summed E-state index contributed by atoms with van der Waals surface area (Å²) < 4.78 is 72.4. The van der Waals surface area contributed by atoms with E-state index in [0.29, 0.717) is 37.9 Å². The number of halogens is 5.